The largest absolute Gasteiger partial charge is 0.452 e. The van der Waals surface area contributed by atoms with Crippen molar-refractivity contribution in [2.45, 2.75) is 125 Å². The van der Waals surface area contributed by atoms with Crippen molar-refractivity contribution < 1.29 is 63.3 Å². The Bertz CT molecular complexity index is 8320. The van der Waals surface area contributed by atoms with E-state index in [1.807, 2.05) is 247 Å². The molecule has 656 valence electrons. The molecule has 20 aromatic rings. The molecule has 132 heavy (non-hydrogen) atoms. The van der Waals surface area contributed by atoms with Crippen molar-refractivity contribution in [1.82, 2.24) is 0 Å². The Hall–Kier alpha value is -14.9. The molecular weight excluding hydrogens is 1730 g/mol. The van der Waals surface area contributed by atoms with Gasteiger partial charge in [0.05, 0.1) is 26.9 Å². The molecule has 10 aromatic carbocycles. The number of carbonyl (C=O) groups is 4. The van der Waals surface area contributed by atoms with Crippen LogP contribution >= 0.6 is 15.9 Å². The third kappa shape index (κ3) is 16.0. The molecule has 0 aliphatic heterocycles. The van der Waals surface area contributed by atoms with E-state index in [0.29, 0.717) is 105 Å². The molecule has 19 nitrogen and oxygen atoms in total. The van der Waals surface area contributed by atoms with Crippen molar-refractivity contribution in [1.29, 1.82) is 0 Å². The van der Waals surface area contributed by atoms with E-state index < -0.39 is 22.5 Å². The van der Waals surface area contributed by atoms with Crippen molar-refractivity contribution in [3.8, 4) is 55.6 Å². The fourth-order valence-corrected chi connectivity index (χ4v) is 19.8. The molecule has 0 radical (unpaired) electrons. The second-order valence-corrected chi connectivity index (χ2v) is 35.5. The van der Waals surface area contributed by atoms with E-state index in [0.717, 1.165) is 199 Å². The summed E-state index contributed by atoms with van der Waals surface area (Å²) >= 11 is 3.48. The number of benzene rings is 10. The molecule has 20 heteroatoms. The summed E-state index contributed by atoms with van der Waals surface area (Å²) in [6.45, 7) is 9.44. The van der Waals surface area contributed by atoms with E-state index in [4.69, 9.17) is 44.2 Å². The third-order valence-electron chi connectivity index (χ3n) is 26.1. The number of halogens is 1. The Kier molecular flexibility index (Phi) is 22.9. The van der Waals surface area contributed by atoms with Crippen molar-refractivity contribution in [2.75, 3.05) is 0 Å². The molecule has 0 atom stereocenters. The molecule has 0 amide bonds. The van der Waals surface area contributed by atoms with Gasteiger partial charge in [0.2, 0.25) is 23.1 Å². The second kappa shape index (κ2) is 35.5. The fourth-order valence-electron chi connectivity index (χ4n) is 19.2. The Morgan fingerprint density at radius 2 is 0.439 bits per heavy atom. The summed E-state index contributed by atoms with van der Waals surface area (Å²) in [6.07, 6.45) is 13.8. The first-order chi connectivity index (χ1) is 64.2. The highest BCUT2D eigenvalue weighted by Gasteiger charge is 2.39. The van der Waals surface area contributed by atoms with E-state index >= 15 is 0 Å². The average molecular weight is 1820 g/mol. The van der Waals surface area contributed by atoms with Crippen molar-refractivity contribution in [3.63, 3.8) is 0 Å². The van der Waals surface area contributed by atoms with Gasteiger partial charge in [0.1, 0.15) is 55.8 Å². The van der Waals surface area contributed by atoms with Gasteiger partial charge in [0.25, 0.3) is 0 Å². The Morgan fingerprint density at radius 1 is 0.235 bits per heavy atom. The minimum atomic E-state index is -0.405. The van der Waals surface area contributed by atoms with Gasteiger partial charge in [-0.2, -0.15) is 0 Å². The molecular formula is C112H87BrO19. The van der Waals surface area contributed by atoms with Gasteiger partial charge in [-0.15, -0.1) is 0 Å². The van der Waals surface area contributed by atoms with Crippen LogP contribution in [0.3, 0.4) is 0 Å². The van der Waals surface area contributed by atoms with E-state index in [-0.39, 0.29) is 52.4 Å². The van der Waals surface area contributed by atoms with Crippen LogP contribution in [0.15, 0.2) is 315 Å². The van der Waals surface area contributed by atoms with Gasteiger partial charge in [-0.1, -0.05) is 190 Å². The van der Waals surface area contributed by atoms with Crippen LogP contribution < -0.4 is 28.1 Å². The normalized spacial score (nSPS) is 14.2. The van der Waals surface area contributed by atoms with E-state index in [9.17, 15) is 43.2 Å². The summed E-state index contributed by atoms with van der Waals surface area (Å²) in [6, 6.07) is 75.0. The zero-order valence-electron chi connectivity index (χ0n) is 72.9. The Balaban J connectivity index is 0.000000103. The predicted octanol–water partition coefficient (Wildman–Crippen LogP) is 28.0. The number of Topliss-reactive ketones (excluding diaryl/α,β-unsaturated/α-hetero) is 4. The van der Waals surface area contributed by atoms with Crippen LogP contribution in [-0.2, 0) is 0 Å². The summed E-state index contributed by atoms with van der Waals surface area (Å²) < 4.78 is 58.6. The van der Waals surface area contributed by atoms with Crippen LogP contribution in [-0.4, -0.2) is 23.1 Å². The first kappa shape index (κ1) is 85.2. The summed E-state index contributed by atoms with van der Waals surface area (Å²) in [4.78, 5) is 113. The molecule has 4 fully saturated rings. The van der Waals surface area contributed by atoms with Gasteiger partial charge >= 0.3 is 28.1 Å². The lowest BCUT2D eigenvalue weighted by molar-refractivity contribution is 0.0827. The van der Waals surface area contributed by atoms with E-state index in [1.54, 1.807) is 0 Å². The van der Waals surface area contributed by atoms with Crippen molar-refractivity contribution in [3.05, 3.63) is 350 Å². The molecule has 4 aliphatic carbocycles. The summed E-state index contributed by atoms with van der Waals surface area (Å²) in [5, 5.41) is 7.93. The number of rotatable bonds is 13. The standard InChI is InChI=1S/C25H22O4.C24H20O4.C23H18O4.C22H16O4.C18H11BrO3/c1-15-14-20(26)29-24-18(15)12-13-19-22(24)21(16-8-4-2-5-9-16)25(28-19)23(27)17-10-6-3-7-11-17;1-14-13-19(25)28-23-17(14)11-12-18-21(23)20(15-7-3-2-4-8-15)24(27-18)22(26)16-9-5-6-10-16;1-13-12-18(24)27-22-16(13)10-11-17-20(22)19(14-6-3-2-4-7-14)23(26-17)21(25)15-8-5-9-15;1-12-11-17(23)26-21-15(12)9-10-16-19(21)18(13-5-3-2-4-6-13)22(25-16)20(24)14-7-8-14;1-10-9-14(20)22-17-12(10)7-8-13-16(17)15(18(19)21-13)11-5-3-2-4-6-11/h2,4-5,8-9,12-14,17H,3,6-7,10-11H2,1H3;2-4,7-8,11-13,16H,5-6,9-10H2,1H3;2-4,6-7,10-12,15H,5,8-9H2,1H3;2-6,9-11,14H,7-8H2,1H3;2-9H,1H3. The molecule has 10 aromatic heterocycles. The lowest BCUT2D eigenvalue weighted by atomic mass is 9.80. The van der Waals surface area contributed by atoms with Gasteiger partial charge < -0.3 is 44.2 Å². The van der Waals surface area contributed by atoms with Gasteiger partial charge in [-0.05, 0) is 218 Å². The quantitative estimate of drug-likeness (QED) is 0.0765. The van der Waals surface area contributed by atoms with Crippen LogP contribution in [0.4, 0.5) is 0 Å². The smallest absolute Gasteiger partial charge is 0.336 e. The number of furan rings is 5. The molecule has 0 unspecified atom stereocenters. The minimum absolute atomic E-state index is 0.00281. The monoisotopic (exact) mass is 1810 g/mol. The van der Waals surface area contributed by atoms with Crippen molar-refractivity contribution in [2.24, 2.45) is 23.7 Å². The van der Waals surface area contributed by atoms with E-state index in [1.165, 1.54) is 36.8 Å². The Labute approximate surface area is 761 Å². The number of ketones is 4. The molecule has 24 rings (SSSR count). The molecule has 0 bridgehead atoms. The maximum Gasteiger partial charge on any atom is 0.336 e. The van der Waals surface area contributed by atoms with Gasteiger partial charge in [-0.25, -0.2) is 24.0 Å². The number of aryl methyl sites for hydroxylation is 5. The topological polar surface area (TPSA) is 285 Å². The minimum Gasteiger partial charge on any atom is -0.452 e. The van der Waals surface area contributed by atoms with Crippen LogP contribution in [0.1, 0.15) is 160 Å². The first-order valence-corrected chi connectivity index (χ1v) is 45.6. The SMILES string of the molecule is Cc1cc(=O)oc2c1ccc1oc(Br)c(-c3ccccc3)c12.Cc1cc(=O)oc2c1ccc1oc(C(=O)C3CC3)c(-c3ccccc3)c12.Cc1cc(=O)oc2c1ccc1oc(C(=O)C3CCC3)c(-c3ccccc3)c12.Cc1cc(=O)oc2c1ccc1oc(C(=O)C3CCCC3)c(-c3ccccc3)c12.Cc1cc(=O)oc2c1ccc1oc(C(=O)C3CCCCC3)c(-c3ccccc3)c12. The number of carbonyl (C=O) groups excluding carboxylic acids is 4. The molecule has 0 spiro atoms. The summed E-state index contributed by atoms with van der Waals surface area (Å²) in [5.74, 6) is 1.74. The molecule has 0 saturated heterocycles. The maximum absolute atomic E-state index is 13.4. The molecule has 4 saturated carbocycles. The number of fused-ring (bicyclic) bond motifs is 15. The number of hydrogen-bond donors (Lipinski definition) is 0. The fraction of sp³-hybridized carbons (Fsp3) is 0.205. The molecule has 10 heterocycles. The lowest BCUT2D eigenvalue weighted by Gasteiger charge is -2.23. The number of hydrogen-bond acceptors (Lipinski definition) is 19. The zero-order valence-corrected chi connectivity index (χ0v) is 74.5. The highest BCUT2D eigenvalue weighted by Crippen LogP contribution is 2.50. The molecule has 0 N–H and O–H groups in total. The first-order valence-electron chi connectivity index (χ1n) is 44.8. The second-order valence-electron chi connectivity index (χ2n) is 34.8. The maximum atomic E-state index is 13.4. The zero-order chi connectivity index (χ0) is 90.9. The van der Waals surface area contributed by atoms with Gasteiger partial charge in [-0.3, -0.25) is 19.2 Å². The predicted molar refractivity (Wildman–Crippen MR) is 516 cm³/mol. The van der Waals surface area contributed by atoms with Crippen LogP contribution in [0.5, 0.6) is 0 Å². The van der Waals surface area contributed by atoms with Gasteiger partial charge in [0, 0.05) is 109 Å². The average Bonchev–Trinajstić information content (AvgIpc) is 1.61. The summed E-state index contributed by atoms with van der Waals surface area (Å²) in [7, 11) is 0. The summed E-state index contributed by atoms with van der Waals surface area (Å²) in [5.41, 5.74) is 16.1. The van der Waals surface area contributed by atoms with Crippen LogP contribution in [0.2, 0.25) is 0 Å². The van der Waals surface area contributed by atoms with Crippen LogP contribution in [0, 0.1) is 58.3 Å². The highest BCUT2D eigenvalue weighted by atomic mass is 79.9. The van der Waals surface area contributed by atoms with Crippen molar-refractivity contribution >= 4 is 149 Å². The van der Waals surface area contributed by atoms with E-state index in [2.05, 4.69) is 15.9 Å². The van der Waals surface area contributed by atoms with Gasteiger partial charge in [0.15, 0.2) is 27.7 Å². The molecule has 4 aliphatic rings. The Morgan fingerprint density at radius 3 is 0.667 bits per heavy atom. The highest BCUT2D eigenvalue weighted by molar-refractivity contribution is 9.10. The lowest BCUT2D eigenvalue weighted by Crippen LogP contribution is -2.22. The third-order valence-corrected chi connectivity index (χ3v) is 26.7. The van der Waals surface area contributed by atoms with Crippen LogP contribution in [0.25, 0.3) is 165 Å².